The number of nitrogens with two attached hydrogens (primary N) is 1. The van der Waals surface area contributed by atoms with Gasteiger partial charge in [0.1, 0.15) is 18.2 Å². The Hall–Kier alpha value is -3.12. The van der Waals surface area contributed by atoms with Crippen LogP contribution >= 0.6 is 0 Å². The molecular formula is C21H22N4O2. The summed E-state index contributed by atoms with van der Waals surface area (Å²) in [6, 6.07) is 17.1. The number of para-hydroxylation sites is 1. The first kappa shape index (κ1) is 17.3. The van der Waals surface area contributed by atoms with Gasteiger partial charge in [0.15, 0.2) is 0 Å². The van der Waals surface area contributed by atoms with Crippen LogP contribution in [-0.2, 0) is 13.0 Å². The van der Waals surface area contributed by atoms with Crippen molar-refractivity contribution in [1.82, 2.24) is 14.9 Å². The minimum atomic E-state index is -0.423. The summed E-state index contributed by atoms with van der Waals surface area (Å²) in [7, 11) is 0. The SMILES string of the molecule is NC(=O)c1ccc(-c2nc3c([nH]2)CN(CCOc2ccccc2)CC3)cc1. The highest BCUT2D eigenvalue weighted by atomic mass is 16.5. The summed E-state index contributed by atoms with van der Waals surface area (Å²) in [4.78, 5) is 21.7. The standard InChI is InChI=1S/C21H22N4O2/c22-20(26)15-6-8-16(9-7-15)21-23-18-10-11-25(14-19(18)24-21)12-13-27-17-4-2-1-3-5-17/h1-9H,10-14H2,(H2,22,26)(H,23,24). The first-order valence-electron chi connectivity index (χ1n) is 9.07. The first-order valence-corrected chi connectivity index (χ1v) is 9.07. The number of imidazole rings is 1. The normalized spacial score (nSPS) is 13.9. The van der Waals surface area contributed by atoms with Crippen LogP contribution < -0.4 is 10.5 Å². The number of ether oxygens (including phenoxy) is 1. The van der Waals surface area contributed by atoms with E-state index in [1.165, 1.54) is 0 Å². The lowest BCUT2D eigenvalue weighted by Crippen LogP contribution is -2.33. The zero-order chi connectivity index (χ0) is 18.6. The lowest BCUT2D eigenvalue weighted by Gasteiger charge is -2.25. The van der Waals surface area contributed by atoms with Crippen LogP contribution in [0.2, 0.25) is 0 Å². The molecule has 0 atom stereocenters. The zero-order valence-corrected chi connectivity index (χ0v) is 15.0. The van der Waals surface area contributed by atoms with Crippen LogP contribution in [0.1, 0.15) is 21.7 Å². The number of rotatable bonds is 6. The summed E-state index contributed by atoms with van der Waals surface area (Å²) in [6.45, 7) is 3.33. The molecule has 3 aromatic rings. The summed E-state index contributed by atoms with van der Waals surface area (Å²) in [5.74, 6) is 1.31. The van der Waals surface area contributed by atoms with Crippen molar-refractivity contribution in [3.63, 3.8) is 0 Å². The molecule has 3 N–H and O–H groups in total. The molecule has 27 heavy (non-hydrogen) atoms. The highest BCUT2D eigenvalue weighted by Crippen LogP contribution is 2.23. The van der Waals surface area contributed by atoms with Gasteiger partial charge in [0.2, 0.25) is 5.91 Å². The number of aromatic amines is 1. The van der Waals surface area contributed by atoms with E-state index in [4.69, 9.17) is 15.5 Å². The maximum absolute atomic E-state index is 11.2. The minimum Gasteiger partial charge on any atom is -0.492 e. The maximum atomic E-state index is 11.2. The summed E-state index contributed by atoms with van der Waals surface area (Å²) in [6.07, 6.45) is 0.913. The zero-order valence-electron chi connectivity index (χ0n) is 15.0. The molecule has 2 heterocycles. The van der Waals surface area contributed by atoms with E-state index in [-0.39, 0.29) is 0 Å². The van der Waals surface area contributed by atoms with Gasteiger partial charge in [-0.2, -0.15) is 0 Å². The molecule has 0 unspecified atom stereocenters. The van der Waals surface area contributed by atoms with Crippen LogP contribution in [0.3, 0.4) is 0 Å². The largest absolute Gasteiger partial charge is 0.492 e. The maximum Gasteiger partial charge on any atom is 0.248 e. The molecule has 1 amide bonds. The molecule has 0 aliphatic carbocycles. The molecule has 1 aromatic heterocycles. The van der Waals surface area contributed by atoms with Gasteiger partial charge in [-0.3, -0.25) is 9.69 Å². The van der Waals surface area contributed by atoms with E-state index in [9.17, 15) is 4.79 Å². The van der Waals surface area contributed by atoms with Crippen LogP contribution in [0.15, 0.2) is 54.6 Å². The van der Waals surface area contributed by atoms with Crippen LogP contribution in [-0.4, -0.2) is 40.5 Å². The Morgan fingerprint density at radius 2 is 1.93 bits per heavy atom. The molecule has 1 aliphatic heterocycles. The topological polar surface area (TPSA) is 84.2 Å². The van der Waals surface area contributed by atoms with Gasteiger partial charge in [-0.05, 0) is 24.3 Å². The van der Waals surface area contributed by atoms with E-state index < -0.39 is 5.91 Å². The van der Waals surface area contributed by atoms with Gasteiger partial charge < -0.3 is 15.5 Å². The third kappa shape index (κ3) is 4.01. The Bertz CT molecular complexity index is 919. The number of nitrogens with zero attached hydrogens (tertiary/aromatic N) is 2. The van der Waals surface area contributed by atoms with E-state index in [2.05, 4.69) is 9.88 Å². The first-order chi connectivity index (χ1) is 13.2. The molecule has 138 valence electrons. The fourth-order valence-corrected chi connectivity index (χ4v) is 3.28. The molecule has 0 radical (unpaired) electrons. The van der Waals surface area contributed by atoms with Crippen molar-refractivity contribution < 1.29 is 9.53 Å². The average Bonchev–Trinajstić information content (AvgIpc) is 3.12. The Kier molecular flexibility index (Phi) is 4.89. The molecule has 0 bridgehead atoms. The summed E-state index contributed by atoms with van der Waals surface area (Å²) in [5, 5.41) is 0. The van der Waals surface area contributed by atoms with Gasteiger partial charge in [-0.15, -0.1) is 0 Å². The fraction of sp³-hybridized carbons (Fsp3) is 0.238. The van der Waals surface area contributed by atoms with Gasteiger partial charge in [0.25, 0.3) is 0 Å². The number of aromatic nitrogens is 2. The quantitative estimate of drug-likeness (QED) is 0.706. The summed E-state index contributed by atoms with van der Waals surface area (Å²) in [5.41, 5.74) is 9.01. The van der Waals surface area contributed by atoms with Crippen molar-refractivity contribution in [2.75, 3.05) is 19.7 Å². The molecular weight excluding hydrogens is 340 g/mol. The van der Waals surface area contributed by atoms with Crippen LogP contribution in [0.25, 0.3) is 11.4 Å². The van der Waals surface area contributed by atoms with Gasteiger partial charge in [0, 0.05) is 37.2 Å². The predicted molar refractivity (Wildman–Crippen MR) is 103 cm³/mol. The Labute approximate surface area is 158 Å². The molecule has 4 rings (SSSR count). The minimum absolute atomic E-state index is 0.423. The van der Waals surface area contributed by atoms with Crippen molar-refractivity contribution >= 4 is 5.91 Å². The van der Waals surface area contributed by atoms with Crippen molar-refractivity contribution in [2.24, 2.45) is 5.73 Å². The Morgan fingerprint density at radius 1 is 1.15 bits per heavy atom. The summed E-state index contributed by atoms with van der Waals surface area (Å²) < 4.78 is 5.80. The molecule has 0 saturated carbocycles. The van der Waals surface area contributed by atoms with Gasteiger partial charge in [0.05, 0.1) is 11.4 Å². The fourth-order valence-electron chi connectivity index (χ4n) is 3.28. The molecule has 0 spiro atoms. The van der Waals surface area contributed by atoms with E-state index in [0.29, 0.717) is 12.2 Å². The Morgan fingerprint density at radius 3 is 2.67 bits per heavy atom. The summed E-state index contributed by atoms with van der Waals surface area (Å²) >= 11 is 0. The molecule has 0 fully saturated rings. The van der Waals surface area contributed by atoms with Crippen molar-refractivity contribution in [3.05, 3.63) is 71.5 Å². The van der Waals surface area contributed by atoms with Crippen molar-refractivity contribution in [1.29, 1.82) is 0 Å². The number of primary amides is 1. The monoisotopic (exact) mass is 362 g/mol. The van der Waals surface area contributed by atoms with E-state index >= 15 is 0 Å². The predicted octanol–water partition coefficient (Wildman–Crippen LogP) is 2.61. The second kappa shape index (κ2) is 7.63. The number of amides is 1. The molecule has 1 aliphatic rings. The Balaban J connectivity index is 1.38. The second-order valence-corrected chi connectivity index (χ2v) is 6.64. The van der Waals surface area contributed by atoms with E-state index in [0.717, 1.165) is 54.6 Å². The highest BCUT2D eigenvalue weighted by molar-refractivity contribution is 5.93. The molecule has 2 aromatic carbocycles. The third-order valence-electron chi connectivity index (χ3n) is 4.77. The number of hydrogen-bond donors (Lipinski definition) is 2. The van der Waals surface area contributed by atoms with Gasteiger partial charge in [-0.1, -0.05) is 30.3 Å². The van der Waals surface area contributed by atoms with Gasteiger partial charge >= 0.3 is 0 Å². The number of H-pyrrole nitrogens is 1. The molecule has 6 nitrogen and oxygen atoms in total. The van der Waals surface area contributed by atoms with E-state index in [1.54, 1.807) is 12.1 Å². The van der Waals surface area contributed by atoms with E-state index in [1.807, 2.05) is 42.5 Å². The number of hydrogen-bond acceptors (Lipinski definition) is 4. The number of fused-ring (bicyclic) bond motifs is 1. The van der Waals surface area contributed by atoms with Gasteiger partial charge in [-0.25, -0.2) is 4.98 Å². The van der Waals surface area contributed by atoms with Crippen LogP contribution in [0, 0.1) is 0 Å². The number of carbonyl (C=O) groups is 1. The van der Waals surface area contributed by atoms with Crippen molar-refractivity contribution in [2.45, 2.75) is 13.0 Å². The average molecular weight is 362 g/mol. The van der Waals surface area contributed by atoms with Crippen LogP contribution in [0.5, 0.6) is 5.75 Å². The lowest BCUT2D eigenvalue weighted by atomic mass is 10.1. The lowest BCUT2D eigenvalue weighted by molar-refractivity contribution is 0.100. The molecule has 0 saturated heterocycles. The number of carbonyl (C=O) groups excluding carboxylic acids is 1. The highest BCUT2D eigenvalue weighted by Gasteiger charge is 2.20. The third-order valence-corrected chi connectivity index (χ3v) is 4.77. The van der Waals surface area contributed by atoms with Crippen molar-refractivity contribution in [3.8, 4) is 17.1 Å². The second-order valence-electron chi connectivity index (χ2n) is 6.64. The number of nitrogens with one attached hydrogen (secondary N) is 1. The molecule has 6 heteroatoms. The smallest absolute Gasteiger partial charge is 0.248 e. The van der Waals surface area contributed by atoms with Crippen LogP contribution in [0.4, 0.5) is 0 Å². The number of benzene rings is 2.